The van der Waals surface area contributed by atoms with Gasteiger partial charge in [0.2, 0.25) is 0 Å². The molecule has 78 valence electrons. The molecular formula is C11H11ClNO2+. The van der Waals surface area contributed by atoms with Gasteiger partial charge in [0.25, 0.3) is 11.7 Å². The van der Waals surface area contributed by atoms with Gasteiger partial charge in [-0.05, 0) is 12.1 Å². The van der Waals surface area contributed by atoms with Crippen LogP contribution in [-0.2, 0) is 0 Å². The van der Waals surface area contributed by atoms with Gasteiger partial charge in [0, 0.05) is 21.9 Å². The third-order valence-corrected chi connectivity index (χ3v) is 2.44. The van der Waals surface area contributed by atoms with E-state index in [4.69, 9.17) is 21.2 Å². The molecule has 3 nitrogen and oxygen atoms in total. The van der Waals surface area contributed by atoms with E-state index in [1.165, 1.54) is 0 Å². The SMILES string of the molecule is COc1cc2cc(Cl)ccc2[n+](OC)c1. The van der Waals surface area contributed by atoms with Gasteiger partial charge in [-0.15, -0.1) is 0 Å². The number of ether oxygens (including phenoxy) is 1. The molecular weight excluding hydrogens is 214 g/mol. The number of hydrogen-bond donors (Lipinski definition) is 0. The summed E-state index contributed by atoms with van der Waals surface area (Å²) in [4.78, 5) is 5.20. The first kappa shape index (κ1) is 10.1. The fraction of sp³-hybridized carbons (Fsp3) is 0.182. The van der Waals surface area contributed by atoms with Gasteiger partial charge >= 0.3 is 0 Å². The van der Waals surface area contributed by atoms with Crippen molar-refractivity contribution in [2.24, 2.45) is 0 Å². The predicted molar refractivity (Wildman–Crippen MR) is 58.2 cm³/mol. The number of hydrogen-bond acceptors (Lipinski definition) is 2. The molecule has 1 aromatic carbocycles. The Morgan fingerprint density at radius 1 is 1.20 bits per heavy atom. The largest absolute Gasteiger partial charge is 0.491 e. The van der Waals surface area contributed by atoms with Gasteiger partial charge in [0.15, 0.2) is 5.75 Å². The molecule has 0 N–H and O–H groups in total. The van der Waals surface area contributed by atoms with E-state index in [2.05, 4.69) is 0 Å². The van der Waals surface area contributed by atoms with Crippen molar-refractivity contribution in [2.45, 2.75) is 0 Å². The second-order valence-electron chi connectivity index (χ2n) is 3.09. The first-order valence-corrected chi connectivity index (χ1v) is 4.86. The molecule has 0 bridgehead atoms. The van der Waals surface area contributed by atoms with Crippen LogP contribution in [0, 0.1) is 0 Å². The summed E-state index contributed by atoms with van der Waals surface area (Å²) in [5, 5.41) is 1.67. The molecule has 2 rings (SSSR count). The summed E-state index contributed by atoms with van der Waals surface area (Å²) in [7, 11) is 3.22. The Bertz CT molecular complexity index is 499. The molecule has 0 atom stereocenters. The lowest BCUT2D eigenvalue weighted by atomic mass is 10.2. The van der Waals surface area contributed by atoms with Gasteiger partial charge in [0.05, 0.1) is 12.5 Å². The molecule has 0 spiro atoms. The lowest BCUT2D eigenvalue weighted by molar-refractivity contribution is -0.865. The summed E-state index contributed by atoms with van der Waals surface area (Å²) in [5.41, 5.74) is 0.947. The predicted octanol–water partition coefficient (Wildman–Crippen LogP) is 1.85. The van der Waals surface area contributed by atoms with Crippen LogP contribution in [0.15, 0.2) is 30.5 Å². The standard InChI is InChI=1S/C11H11ClNO2/c1-14-10-6-8-5-9(12)3-4-11(8)13(7-10)15-2/h3-7H,1-2H3/q+1. The van der Waals surface area contributed by atoms with E-state index in [1.807, 2.05) is 24.3 Å². The zero-order valence-electron chi connectivity index (χ0n) is 8.53. The van der Waals surface area contributed by atoms with E-state index in [-0.39, 0.29) is 0 Å². The topological polar surface area (TPSA) is 22.3 Å². The summed E-state index contributed by atoms with van der Waals surface area (Å²) in [5.74, 6) is 0.728. The summed E-state index contributed by atoms with van der Waals surface area (Å²) in [6, 6.07) is 7.51. The quantitative estimate of drug-likeness (QED) is 0.727. The van der Waals surface area contributed by atoms with Crippen molar-refractivity contribution in [3.63, 3.8) is 0 Å². The van der Waals surface area contributed by atoms with Crippen LogP contribution < -0.4 is 14.3 Å². The van der Waals surface area contributed by atoms with Crippen LogP contribution >= 0.6 is 11.6 Å². The molecule has 2 aromatic rings. The second kappa shape index (κ2) is 3.95. The Hall–Kier alpha value is -1.48. The molecule has 15 heavy (non-hydrogen) atoms. The number of pyridine rings is 1. The molecule has 0 amide bonds. The van der Waals surface area contributed by atoms with Crippen LogP contribution in [0.4, 0.5) is 0 Å². The van der Waals surface area contributed by atoms with Crippen LogP contribution in [0.1, 0.15) is 0 Å². The van der Waals surface area contributed by atoms with Crippen molar-refractivity contribution < 1.29 is 14.3 Å². The van der Waals surface area contributed by atoms with Crippen molar-refractivity contribution >= 4 is 22.5 Å². The zero-order valence-corrected chi connectivity index (χ0v) is 9.28. The Balaban J connectivity index is 2.74. The summed E-state index contributed by atoms with van der Waals surface area (Å²) < 4.78 is 6.80. The third-order valence-electron chi connectivity index (χ3n) is 2.20. The van der Waals surface area contributed by atoms with Gasteiger partial charge < -0.3 is 4.74 Å². The number of benzene rings is 1. The number of methoxy groups -OCH3 is 1. The third kappa shape index (κ3) is 1.83. The molecule has 4 heteroatoms. The molecule has 0 aliphatic carbocycles. The summed E-state index contributed by atoms with van der Waals surface area (Å²) in [6.45, 7) is 0. The monoisotopic (exact) mass is 224 g/mol. The molecule has 0 radical (unpaired) electrons. The minimum Gasteiger partial charge on any atom is -0.491 e. The molecule has 0 aliphatic rings. The van der Waals surface area contributed by atoms with Crippen LogP contribution in [0.3, 0.4) is 0 Å². The molecule has 0 saturated heterocycles. The first-order chi connectivity index (χ1) is 7.24. The maximum Gasteiger partial charge on any atom is 0.265 e. The van der Waals surface area contributed by atoms with Crippen LogP contribution in [-0.4, -0.2) is 14.2 Å². The van der Waals surface area contributed by atoms with Gasteiger partial charge in [-0.1, -0.05) is 11.6 Å². The van der Waals surface area contributed by atoms with E-state index in [0.717, 1.165) is 16.7 Å². The molecule has 0 aliphatic heterocycles. The number of aromatic nitrogens is 1. The van der Waals surface area contributed by atoms with Crippen LogP contribution in [0.25, 0.3) is 10.9 Å². The smallest absolute Gasteiger partial charge is 0.265 e. The highest BCUT2D eigenvalue weighted by Gasteiger charge is 2.12. The van der Waals surface area contributed by atoms with Crippen molar-refractivity contribution in [2.75, 3.05) is 14.2 Å². The van der Waals surface area contributed by atoms with Crippen molar-refractivity contribution in [1.82, 2.24) is 0 Å². The van der Waals surface area contributed by atoms with Crippen LogP contribution in [0.5, 0.6) is 5.75 Å². The van der Waals surface area contributed by atoms with Crippen molar-refractivity contribution in [1.29, 1.82) is 0 Å². The second-order valence-corrected chi connectivity index (χ2v) is 3.53. The Kier molecular flexibility index (Phi) is 2.64. The minimum atomic E-state index is 0.693. The highest BCUT2D eigenvalue weighted by atomic mass is 35.5. The molecule has 0 saturated carbocycles. The van der Waals surface area contributed by atoms with E-state index in [0.29, 0.717) is 5.02 Å². The lowest BCUT2D eigenvalue weighted by Gasteiger charge is -2.01. The van der Waals surface area contributed by atoms with E-state index in [9.17, 15) is 0 Å². The van der Waals surface area contributed by atoms with Gasteiger partial charge in [0.1, 0.15) is 7.11 Å². The van der Waals surface area contributed by atoms with Crippen molar-refractivity contribution in [3.05, 3.63) is 35.5 Å². The number of halogens is 1. The fourth-order valence-corrected chi connectivity index (χ4v) is 1.66. The van der Waals surface area contributed by atoms with E-state index >= 15 is 0 Å². The summed E-state index contributed by atoms with van der Waals surface area (Å²) in [6.07, 6.45) is 1.77. The minimum absolute atomic E-state index is 0.693. The summed E-state index contributed by atoms with van der Waals surface area (Å²) >= 11 is 5.92. The average molecular weight is 225 g/mol. The molecule has 0 fully saturated rings. The maximum absolute atomic E-state index is 5.92. The average Bonchev–Trinajstić information content (AvgIpc) is 2.26. The highest BCUT2D eigenvalue weighted by molar-refractivity contribution is 6.31. The molecule has 0 unspecified atom stereocenters. The van der Waals surface area contributed by atoms with Crippen molar-refractivity contribution in [3.8, 4) is 5.75 Å². The highest BCUT2D eigenvalue weighted by Crippen LogP contribution is 2.20. The zero-order chi connectivity index (χ0) is 10.8. The van der Waals surface area contributed by atoms with Gasteiger partial charge in [-0.2, -0.15) is 0 Å². The molecule has 1 heterocycles. The van der Waals surface area contributed by atoms with Gasteiger partial charge in [-0.3, -0.25) is 4.84 Å². The van der Waals surface area contributed by atoms with E-state index < -0.39 is 0 Å². The first-order valence-electron chi connectivity index (χ1n) is 4.48. The normalized spacial score (nSPS) is 10.3. The Labute approximate surface area is 92.8 Å². The lowest BCUT2D eigenvalue weighted by Crippen LogP contribution is -2.40. The van der Waals surface area contributed by atoms with Crippen LogP contribution in [0.2, 0.25) is 5.02 Å². The van der Waals surface area contributed by atoms with E-state index in [1.54, 1.807) is 25.1 Å². The maximum atomic E-state index is 5.92. The Morgan fingerprint density at radius 2 is 2.00 bits per heavy atom. The van der Waals surface area contributed by atoms with Gasteiger partial charge in [-0.25, -0.2) is 0 Å². The number of nitrogens with zero attached hydrogens (tertiary/aromatic N) is 1. The Morgan fingerprint density at radius 3 is 2.67 bits per heavy atom. The fourth-order valence-electron chi connectivity index (χ4n) is 1.48. The number of fused-ring (bicyclic) bond motifs is 1. The number of rotatable bonds is 2. The molecule has 1 aromatic heterocycles.